The number of amides is 1. The molecule has 0 aromatic heterocycles. The maximum Gasteiger partial charge on any atom is 0.207 e. The molecule has 6 nitrogen and oxygen atoms in total. The molecule has 6 heteroatoms. The average Bonchev–Trinajstić information content (AvgIpc) is 2.28. The third-order valence-electron chi connectivity index (χ3n) is 2.60. The van der Waals surface area contributed by atoms with Crippen LogP contribution in [0.3, 0.4) is 0 Å². The lowest BCUT2D eigenvalue weighted by Gasteiger charge is -2.41. The van der Waals surface area contributed by atoms with Gasteiger partial charge in [0.05, 0.1) is 7.11 Å². The first-order valence-electron chi connectivity index (χ1n) is 4.82. The van der Waals surface area contributed by atoms with Gasteiger partial charge in [-0.05, 0) is 6.42 Å². The minimum Gasteiger partial charge on any atom is -0.377 e. The molecule has 1 fully saturated rings. The van der Waals surface area contributed by atoms with Crippen molar-refractivity contribution in [3.63, 3.8) is 0 Å². The molecule has 15 heavy (non-hydrogen) atoms. The Balaban J connectivity index is 2.64. The number of hydrogen-bond acceptors (Lipinski definition) is 5. The third-order valence-corrected chi connectivity index (χ3v) is 2.60. The van der Waals surface area contributed by atoms with E-state index in [0.717, 1.165) is 0 Å². The molecule has 0 spiro atoms. The number of methoxy groups -OCH3 is 2. The molecule has 0 saturated carbocycles. The zero-order valence-electron chi connectivity index (χ0n) is 9.30. The van der Waals surface area contributed by atoms with Gasteiger partial charge in [-0.3, -0.25) is 9.63 Å². The predicted molar refractivity (Wildman–Crippen MR) is 52.9 cm³/mol. The minimum atomic E-state index is -0.232. The molecule has 0 radical (unpaired) electrons. The molecule has 1 N–H and O–H groups in total. The molecule has 0 aromatic rings. The van der Waals surface area contributed by atoms with E-state index < -0.39 is 0 Å². The van der Waals surface area contributed by atoms with Crippen molar-refractivity contribution in [2.45, 2.75) is 24.8 Å². The van der Waals surface area contributed by atoms with Gasteiger partial charge in [-0.1, -0.05) is 0 Å². The highest BCUT2D eigenvalue weighted by Crippen LogP contribution is 2.20. The summed E-state index contributed by atoms with van der Waals surface area (Å²) >= 11 is 0. The summed E-state index contributed by atoms with van der Waals surface area (Å²) in [6.07, 6.45) is 1.07. The molecule has 3 unspecified atom stereocenters. The average molecular weight is 218 g/mol. The molecule has 0 aromatic carbocycles. The largest absolute Gasteiger partial charge is 0.377 e. The highest BCUT2D eigenvalue weighted by atomic mass is 16.7. The molecular weight excluding hydrogens is 200 g/mol. The van der Waals surface area contributed by atoms with Gasteiger partial charge in [-0.15, -0.1) is 0 Å². The summed E-state index contributed by atoms with van der Waals surface area (Å²) < 4.78 is 10.6. The van der Waals surface area contributed by atoms with Crippen LogP contribution in [0.4, 0.5) is 0 Å². The second kappa shape index (κ2) is 6.02. The number of hydrogen-bond donors (Lipinski definition) is 1. The lowest BCUT2D eigenvalue weighted by Crippen LogP contribution is -2.57. The van der Waals surface area contributed by atoms with E-state index in [2.05, 4.69) is 5.32 Å². The number of ether oxygens (including phenoxy) is 2. The van der Waals surface area contributed by atoms with Gasteiger partial charge >= 0.3 is 0 Å². The fourth-order valence-corrected chi connectivity index (χ4v) is 1.86. The normalized spacial score (nSPS) is 32.6. The summed E-state index contributed by atoms with van der Waals surface area (Å²) in [4.78, 5) is 15.5. The van der Waals surface area contributed by atoms with Crippen LogP contribution in [-0.2, 0) is 19.1 Å². The topological polar surface area (TPSA) is 60.0 Å². The van der Waals surface area contributed by atoms with Crippen molar-refractivity contribution < 1.29 is 19.1 Å². The summed E-state index contributed by atoms with van der Waals surface area (Å²) in [7, 11) is 4.80. The molecule has 1 aliphatic rings. The lowest BCUT2D eigenvalue weighted by molar-refractivity contribution is -0.278. The fraction of sp³-hybridized carbons (Fsp3) is 0.889. The molecule has 0 bridgehead atoms. The molecule has 1 rings (SSSR count). The van der Waals surface area contributed by atoms with Gasteiger partial charge in [0.2, 0.25) is 6.41 Å². The Bertz CT molecular complexity index is 189. The van der Waals surface area contributed by atoms with E-state index in [4.69, 9.17) is 14.3 Å². The number of nitrogens with one attached hydrogen (secondary N) is 1. The van der Waals surface area contributed by atoms with Crippen LogP contribution in [0, 0.1) is 0 Å². The van der Waals surface area contributed by atoms with E-state index in [1.54, 1.807) is 26.4 Å². The standard InChI is InChI=1S/C9H18N2O4/c1-13-8-4-7(10-6-12)5-11(15-3)9(8)14-2/h6-9H,4-5H2,1-3H3,(H,10,12). The molecular formula is C9H18N2O4. The Morgan fingerprint density at radius 3 is 2.53 bits per heavy atom. The van der Waals surface area contributed by atoms with E-state index in [1.165, 1.54) is 0 Å². The quantitative estimate of drug-likeness (QED) is 0.622. The van der Waals surface area contributed by atoms with E-state index in [-0.39, 0.29) is 18.4 Å². The van der Waals surface area contributed by atoms with Gasteiger partial charge in [-0.25, -0.2) is 0 Å². The number of rotatable bonds is 5. The van der Waals surface area contributed by atoms with Gasteiger partial charge < -0.3 is 14.8 Å². The first kappa shape index (κ1) is 12.4. The van der Waals surface area contributed by atoms with Crippen molar-refractivity contribution >= 4 is 6.41 Å². The number of carbonyl (C=O) groups is 1. The summed E-state index contributed by atoms with van der Waals surface area (Å²) in [5, 5.41) is 4.39. The van der Waals surface area contributed by atoms with Gasteiger partial charge in [0, 0.05) is 26.8 Å². The number of carbonyl (C=O) groups excluding carboxylic acids is 1. The number of piperidine rings is 1. The highest BCUT2D eigenvalue weighted by molar-refractivity contribution is 5.46. The van der Waals surface area contributed by atoms with E-state index in [9.17, 15) is 4.79 Å². The second-order valence-corrected chi connectivity index (χ2v) is 3.40. The summed E-state index contributed by atoms with van der Waals surface area (Å²) in [5.41, 5.74) is 0. The highest BCUT2D eigenvalue weighted by Gasteiger charge is 2.36. The number of nitrogens with zero attached hydrogens (tertiary/aromatic N) is 1. The minimum absolute atomic E-state index is 0.0267. The molecule has 1 amide bonds. The first-order valence-corrected chi connectivity index (χ1v) is 4.82. The Morgan fingerprint density at radius 1 is 1.33 bits per heavy atom. The Hall–Kier alpha value is -0.690. The van der Waals surface area contributed by atoms with E-state index >= 15 is 0 Å². The molecule has 88 valence electrons. The molecule has 1 aliphatic heterocycles. The van der Waals surface area contributed by atoms with Crippen LogP contribution in [0.2, 0.25) is 0 Å². The zero-order chi connectivity index (χ0) is 11.3. The number of hydroxylamine groups is 2. The van der Waals surface area contributed by atoms with Crippen LogP contribution in [0.1, 0.15) is 6.42 Å². The predicted octanol–water partition coefficient (Wildman–Crippen LogP) is -0.644. The Kier molecular flexibility index (Phi) is 4.97. The van der Waals surface area contributed by atoms with Gasteiger partial charge in [0.25, 0.3) is 0 Å². The maximum absolute atomic E-state index is 10.4. The van der Waals surface area contributed by atoms with Crippen molar-refractivity contribution in [1.29, 1.82) is 0 Å². The SMILES string of the molecule is COC1CC(NC=O)CN(OC)C1OC. The lowest BCUT2D eigenvalue weighted by atomic mass is 10.0. The molecule has 1 saturated heterocycles. The summed E-state index contributed by atoms with van der Waals surface area (Å²) in [6.45, 7) is 0.591. The summed E-state index contributed by atoms with van der Waals surface area (Å²) in [6, 6.07) is 0.0267. The second-order valence-electron chi connectivity index (χ2n) is 3.40. The molecule has 1 heterocycles. The van der Waals surface area contributed by atoms with Crippen LogP contribution in [0.25, 0.3) is 0 Å². The zero-order valence-corrected chi connectivity index (χ0v) is 9.30. The maximum atomic E-state index is 10.4. The monoisotopic (exact) mass is 218 g/mol. The molecule has 3 atom stereocenters. The van der Waals surface area contributed by atoms with Crippen LogP contribution in [0.5, 0.6) is 0 Å². The Labute approximate surface area is 89.4 Å². The van der Waals surface area contributed by atoms with Crippen molar-refractivity contribution in [3.05, 3.63) is 0 Å². The van der Waals surface area contributed by atoms with Crippen molar-refractivity contribution in [2.75, 3.05) is 27.9 Å². The van der Waals surface area contributed by atoms with Gasteiger partial charge in [0.1, 0.15) is 6.10 Å². The van der Waals surface area contributed by atoms with Crippen LogP contribution >= 0.6 is 0 Å². The van der Waals surface area contributed by atoms with Gasteiger partial charge in [0.15, 0.2) is 6.23 Å². The van der Waals surface area contributed by atoms with Crippen molar-refractivity contribution in [3.8, 4) is 0 Å². The van der Waals surface area contributed by atoms with Crippen LogP contribution in [0.15, 0.2) is 0 Å². The molecule has 0 aliphatic carbocycles. The van der Waals surface area contributed by atoms with Crippen LogP contribution < -0.4 is 5.32 Å². The Morgan fingerprint density at radius 2 is 2.07 bits per heavy atom. The van der Waals surface area contributed by atoms with Crippen molar-refractivity contribution in [1.82, 2.24) is 10.4 Å². The van der Waals surface area contributed by atoms with E-state index in [0.29, 0.717) is 19.4 Å². The third kappa shape index (κ3) is 2.88. The fourth-order valence-electron chi connectivity index (χ4n) is 1.86. The smallest absolute Gasteiger partial charge is 0.207 e. The summed E-state index contributed by atoms with van der Waals surface area (Å²) in [5.74, 6) is 0. The first-order chi connectivity index (χ1) is 7.26. The van der Waals surface area contributed by atoms with Crippen molar-refractivity contribution in [2.24, 2.45) is 0 Å². The van der Waals surface area contributed by atoms with Crippen LogP contribution in [-0.4, -0.2) is 57.7 Å². The van der Waals surface area contributed by atoms with Gasteiger partial charge in [-0.2, -0.15) is 5.06 Å². The van der Waals surface area contributed by atoms with E-state index in [1.807, 2.05) is 0 Å².